The number of hydrogen-bond acceptors (Lipinski definition) is 3. The fourth-order valence-electron chi connectivity index (χ4n) is 1.24. The van der Waals surface area contributed by atoms with Crippen molar-refractivity contribution in [2.24, 2.45) is 17.4 Å². The van der Waals surface area contributed by atoms with Gasteiger partial charge < -0.3 is 16.4 Å². The Morgan fingerprint density at radius 3 is 2.47 bits per heavy atom. The number of nitrogens with zero attached hydrogens (tertiary/aromatic N) is 1. The molecular weight excluding hydrogens is 190 g/mol. The predicted octanol–water partition coefficient (Wildman–Crippen LogP) is 0.557. The van der Waals surface area contributed by atoms with Crippen molar-refractivity contribution in [3.05, 3.63) is 0 Å². The number of nitrogens with two attached hydrogens (primary N) is 2. The first-order valence-corrected chi connectivity index (χ1v) is 5.68. The largest absolute Gasteiger partial charge is 0.346 e. The molecule has 0 fully saturated rings. The van der Waals surface area contributed by atoms with Crippen LogP contribution in [0.25, 0.3) is 0 Å². The van der Waals surface area contributed by atoms with Crippen molar-refractivity contribution in [3.63, 3.8) is 0 Å². The average molecular weight is 215 g/mol. The molecule has 0 bridgehead atoms. The summed E-state index contributed by atoms with van der Waals surface area (Å²) >= 11 is 0. The minimum Gasteiger partial charge on any atom is -0.346 e. The van der Waals surface area contributed by atoms with Crippen LogP contribution in [-0.4, -0.2) is 37.0 Å². The number of rotatable bonds is 7. The van der Waals surface area contributed by atoms with Gasteiger partial charge in [-0.2, -0.15) is 0 Å². The molecule has 0 aromatic rings. The Morgan fingerprint density at radius 1 is 1.40 bits per heavy atom. The lowest BCUT2D eigenvalue weighted by Gasteiger charge is -2.21. The van der Waals surface area contributed by atoms with Crippen LogP contribution in [-0.2, 0) is 4.79 Å². The topological polar surface area (TPSA) is 72.3 Å². The molecule has 4 heteroatoms. The molecule has 1 atom stereocenters. The Balaban J connectivity index is 3.72. The van der Waals surface area contributed by atoms with Crippen molar-refractivity contribution in [1.29, 1.82) is 0 Å². The van der Waals surface area contributed by atoms with Gasteiger partial charge in [0.15, 0.2) is 0 Å². The fraction of sp³-hybridized carbons (Fsp3) is 0.909. The van der Waals surface area contributed by atoms with Crippen molar-refractivity contribution in [1.82, 2.24) is 4.90 Å². The lowest BCUT2D eigenvalue weighted by atomic mass is 10.0. The SMILES string of the molecule is CC(C)C(N)CCN(C)C(=O)CCCN. The third-order valence-corrected chi connectivity index (χ3v) is 2.67. The lowest BCUT2D eigenvalue weighted by molar-refractivity contribution is -0.130. The normalized spacial score (nSPS) is 12.9. The molecule has 0 aliphatic rings. The summed E-state index contributed by atoms with van der Waals surface area (Å²) < 4.78 is 0. The summed E-state index contributed by atoms with van der Waals surface area (Å²) in [5.41, 5.74) is 11.3. The molecule has 15 heavy (non-hydrogen) atoms. The van der Waals surface area contributed by atoms with Crippen molar-refractivity contribution in [2.75, 3.05) is 20.1 Å². The second-order valence-corrected chi connectivity index (χ2v) is 4.40. The summed E-state index contributed by atoms with van der Waals surface area (Å²) in [6.07, 6.45) is 2.17. The van der Waals surface area contributed by atoms with E-state index in [1.165, 1.54) is 0 Å². The van der Waals surface area contributed by atoms with Gasteiger partial charge in [0.1, 0.15) is 0 Å². The number of carbonyl (C=O) groups is 1. The molecule has 0 radical (unpaired) electrons. The Kier molecular flexibility index (Phi) is 7.34. The van der Waals surface area contributed by atoms with Gasteiger partial charge in [-0.1, -0.05) is 13.8 Å². The second-order valence-electron chi connectivity index (χ2n) is 4.40. The third-order valence-electron chi connectivity index (χ3n) is 2.67. The van der Waals surface area contributed by atoms with E-state index in [4.69, 9.17) is 11.5 Å². The zero-order valence-corrected chi connectivity index (χ0v) is 10.2. The van der Waals surface area contributed by atoms with Gasteiger partial charge in [0.2, 0.25) is 5.91 Å². The Morgan fingerprint density at radius 2 is 2.00 bits per heavy atom. The van der Waals surface area contributed by atoms with Crippen molar-refractivity contribution < 1.29 is 4.79 Å². The summed E-state index contributed by atoms with van der Waals surface area (Å²) in [6, 6.07) is 0.176. The van der Waals surface area contributed by atoms with Crippen LogP contribution in [0.1, 0.15) is 33.1 Å². The summed E-state index contributed by atoms with van der Waals surface area (Å²) in [6.45, 7) is 5.51. The summed E-state index contributed by atoms with van der Waals surface area (Å²) in [5.74, 6) is 0.633. The molecule has 0 heterocycles. The van der Waals surface area contributed by atoms with Gasteiger partial charge in [0.25, 0.3) is 0 Å². The smallest absolute Gasteiger partial charge is 0.222 e. The molecule has 1 amide bonds. The van der Waals surface area contributed by atoms with Crippen LogP contribution in [0.5, 0.6) is 0 Å². The van der Waals surface area contributed by atoms with Gasteiger partial charge in [-0.05, 0) is 25.3 Å². The molecular formula is C11H25N3O. The van der Waals surface area contributed by atoms with Gasteiger partial charge in [-0.25, -0.2) is 0 Å². The van der Waals surface area contributed by atoms with E-state index >= 15 is 0 Å². The molecule has 4 N–H and O–H groups in total. The van der Waals surface area contributed by atoms with Gasteiger partial charge in [0, 0.05) is 26.1 Å². The van der Waals surface area contributed by atoms with E-state index in [2.05, 4.69) is 13.8 Å². The number of amides is 1. The molecule has 4 nitrogen and oxygen atoms in total. The quantitative estimate of drug-likeness (QED) is 0.651. The minimum atomic E-state index is 0.163. The summed E-state index contributed by atoms with van der Waals surface area (Å²) in [7, 11) is 1.83. The van der Waals surface area contributed by atoms with Crippen LogP contribution in [0, 0.1) is 5.92 Å². The highest BCUT2D eigenvalue weighted by Crippen LogP contribution is 2.04. The summed E-state index contributed by atoms with van der Waals surface area (Å²) in [4.78, 5) is 13.3. The van der Waals surface area contributed by atoms with E-state index in [0.29, 0.717) is 18.9 Å². The molecule has 0 aliphatic carbocycles. The maximum Gasteiger partial charge on any atom is 0.222 e. The average Bonchev–Trinajstić information content (AvgIpc) is 2.21. The first kappa shape index (κ1) is 14.4. The van der Waals surface area contributed by atoms with E-state index in [1.807, 2.05) is 7.05 Å². The van der Waals surface area contributed by atoms with E-state index < -0.39 is 0 Å². The monoisotopic (exact) mass is 215 g/mol. The van der Waals surface area contributed by atoms with E-state index in [-0.39, 0.29) is 11.9 Å². The second kappa shape index (κ2) is 7.65. The van der Waals surface area contributed by atoms with Gasteiger partial charge in [0.05, 0.1) is 0 Å². The van der Waals surface area contributed by atoms with Crippen molar-refractivity contribution >= 4 is 5.91 Å². The van der Waals surface area contributed by atoms with Crippen molar-refractivity contribution in [3.8, 4) is 0 Å². The van der Waals surface area contributed by atoms with Crippen LogP contribution >= 0.6 is 0 Å². The van der Waals surface area contributed by atoms with Gasteiger partial charge in [-0.3, -0.25) is 4.79 Å². The third kappa shape index (κ3) is 6.47. The number of hydrogen-bond donors (Lipinski definition) is 2. The molecule has 0 aromatic heterocycles. The number of carbonyl (C=O) groups excluding carboxylic acids is 1. The Labute approximate surface area is 93.0 Å². The highest BCUT2D eigenvalue weighted by Gasteiger charge is 2.11. The molecule has 0 saturated carbocycles. The summed E-state index contributed by atoms with van der Waals surface area (Å²) in [5, 5.41) is 0. The first-order chi connectivity index (χ1) is 6.99. The minimum absolute atomic E-state index is 0.163. The fourth-order valence-corrected chi connectivity index (χ4v) is 1.24. The van der Waals surface area contributed by atoms with Crippen LogP contribution in [0.3, 0.4) is 0 Å². The first-order valence-electron chi connectivity index (χ1n) is 5.68. The Hall–Kier alpha value is -0.610. The maximum atomic E-state index is 11.5. The molecule has 0 saturated heterocycles. The zero-order chi connectivity index (χ0) is 11.8. The van der Waals surface area contributed by atoms with Gasteiger partial charge in [-0.15, -0.1) is 0 Å². The van der Waals surface area contributed by atoms with E-state index in [0.717, 1.165) is 19.4 Å². The molecule has 0 rings (SSSR count). The molecule has 0 aliphatic heterocycles. The standard InChI is InChI=1S/C11H25N3O/c1-9(2)10(13)6-8-14(3)11(15)5-4-7-12/h9-10H,4-8,12-13H2,1-3H3. The van der Waals surface area contributed by atoms with Gasteiger partial charge >= 0.3 is 0 Å². The lowest BCUT2D eigenvalue weighted by Crippen LogP contribution is -2.34. The Bertz CT molecular complexity index is 183. The van der Waals surface area contributed by atoms with Crippen LogP contribution < -0.4 is 11.5 Å². The molecule has 0 aromatic carbocycles. The van der Waals surface area contributed by atoms with Crippen LogP contribution in [0.2, 0.25) is 0 Å². The van der Waals surface area contributed by atoms with Crippen LogP contribution in [0.15, 0.2) is 0 Å². The molecule has 1 unspecified atom stereocenters. The molecule has 90 valence electrons. The molecule has 0 spiro atoms. The van der Waals surface area contributed by atoms with E-state index in [1.54, 1.807) is 4.90 Å². The maximum absolute atomic E-state index is 11.5. The predicted molar refractivity (Wildman–Crippen MR) is 63.4 cm³/mol. The zero-order valence-electron chi connectivity index (χ0n) is 10.2. The highest BCUT2D eigenvalue weighted by molar-refractivity contribution is 5.75. The van der Waals surface area contributed by atoms with Crippen molar-refractivity contribution in [2.45, 2.75) is 39.2 Å². The van der Waals surface area contributed by atoms with E-state index in [9.17, 15) is 4.79 Å². The highest BCUT2D eigenvalue weighted by atomic mass is 16.2. The van der Waals surface area contributed by atoms with Crippen LogP contribution in [0.4, 0.5) is 0 Å².